The second-order valence-electron chi connectivity index (χ2n) is 4.48. The van der Waals surface area contributed by atoms with Crippen molar-refractivity contribution in [2.75, 3.05) is 5.32 Å². The largest absolute Gasteiger partial charge is 0.381 e. The average Bonchev–Trinajstić information content (AvgIpc) is 2.35. The third kappa shape index (κ3) is 3.20. The lowest BCUT2D eigenvalue weighted by Gasteiger charge is -2.12. The molecule has 2 aromatic carbocycles. The van der Waals surface area contributed by atoms with Crippen molar-refractivity contribution in [3.63, 3.8) is 0 Å². The SMILES string of the molecule is Cc1cccc(C)c1CNc1cc(Cl)c(F)c(Cl)c1. The fourth-order valence-electron chi connectivity index (χ4n) is 1.98. The number of hydrogen-bond acceptors (Lipinski definition) is 1. The van der Waals surface area contributed by atoms with Gasteiger partial charge in [0, 0.05) is 12.2 Å². The van der Waals surface area contributed by atoms with Crippen molar-refractivity contribution in [1.82, 2.24) is 0 Å². The van der Waals surface area contributed by atoms with Crippen LogP contribution in [0.3, 0.4) is 0 Å². The smallest absolute Gasteiger partial charge is 0.160 e. The van der Waals surface area contributed by atoms with E-state index in [1.54, 1.807) is 0 Å². The molecule has 0 radical (unpaired) electrons. The number of rotatable bonds is 3. The highest BCUT2D eigenvalue weighted by Gasteiger charge is 2.08. The van der Waals surface area contributed by atoms with Gasteiger partial charge >= 0.3 is 0 Å². The van der Waals surface area contributed by atoms with Crippen LogP contribution in [0.5, 0.6) is 0 Å². The second-order valence-corrected chi connectivity index (χ2v) is 5.29. The van der Waals surface area contributed by atoms with Gasteiger partial charge in [-0.15, -0.1) is 0 Å². The molecule has 0 amide bonds. The molecule has 0 aromatic heterocycles. The molecule has 1 N–H and O–H groups in total. The minimum absolute atomic E-state index is 0.0245. The summed E-state index contributed by atoms with van der Waals surface area (Å²) in [6, 6.07) is 9.23. The van der Waals surface area contributed by atoms with Crippen LogP contribution in [-0.4, -0.2) is 0 Å². The normalized spacial score (nSPS) is 10.6. The van der Waals surface area contributed by atoms with E-state index in [2.05, 4.69) is 31.3 Å². The van der Waals surface area contributed by atoms with E-state index in [1.807, 2.05) is 6.07 Å². The Hall–Kier alpha value is -1.25. The first-order chi connectivity index (χ1) is 8.99. The summed E-state index contributed by atoms with van der Waals surface area (Å²) >= 11 is 11.5. The first-order valence-corrected chi connectivity index (χ1v) is 6.68. The van der Waals surface area contributed by atoms with Crippen LogP contribution >= 0.6 is 23.2 Å². The minimum atomic E-state index is -0.582. The van der Waals surface area contributed by atoms with E-state index in [4.69, 9.17) is 23.2 Å². The van der Waals surface area contributed by atoms with Gasteiger partial charge in [0.25, 0.3) is 0 Å². The van der Waals surface area contributed by atoms with Crippen molar-refractivity contribution in [3.05, 3.63) is 62.9 Å². The Morgan fingerprint density at radius 3 is 2.11 bits per heavy atom. The van der Waals surface area contributed by atoms with Gasteiger partial charge in [-0.1, -0.05) is 41.4 Å². The Morgan fingerprint density at radius 1 is 1.05 bits per heavy atom. The Bertz CT molecular complexity index is 568. The molecule has 100 valence electrons. The quantitative estimate of drug-likeness (QED) is 0.752. The fraction of sp³-hybridized carbons (Fsp3) is 0.200. The van der Waals surface area contributed by atoms with Gasteiger partial charge in [-0.25, -0.2) is 4.39 Å². The van der Waals surface area contributed by atoms with Crippen molar-refractivity contribution in [3.8, 4) is 0 Å². The van der Waals surface area contributed by atoms with E-state index < -0.39 is 5.82 Å². The van der Waals surface area contributed by atoms with Gasteiger partial charge in [0.05, 0.1) is 10.0 Å². The molecule has 2 aromatic rings. The lowest BCUT2D eigenvalue weighted by Crippen LogP contribution is -2.03. The minimum Gasteiger partial charge on any atom is -0.381 e. The molecule has 0 spiro atoms. The molecule has 0 fully saturated rings. The first-order valence-electron chi connectivity index (χ1n) is 5.92. The van der Waals surface area contributed by atoms with Crippen LogP contribution in [-0.2, 0) is 6.54 Å². The number of hydrogen-bond donors (Lipinski definition) is 1. The maximum Gasteiger partial charge on any atom is 0.160 e. The van der Waals surface area contributed by atoms with E-state index in [-0.39, 0.29) is 10.0 Å². The Labute approximate surface area is 122 Å². The molecule has 0 saturated carbocycles. The summed E-state index contributed by atoms with van der Waals surface area (Å²) in [5.74, 6) is -0.582. The van der Waals surface area contributed by atoms with Crippen LogP contribution in [0.2, 0.25) is 10.0 Å². The summed E-state index contributed by atoms with van der Waals surface area (Å²) in [4.78, 5) is 0. The van der Waals surface area contributed by atoms with Gasteiger partial charge in [0.2, 0.25) is 0 Å². The van der Waals surface area contributed by atoms with Crippen LogP contribution < -0.4 is 5.32 Å². The van der Waals surface area contributed by atoms with Gasteiger partial charge in [0.15, 0.2) is 5.82 Å². The Kier molecular flexibility index (Phi) is 4.33. The van der Waals surface area contributed by atoms with Gasteiger partial charge < -0.3 is 5.32 Å². The molecular weight excluding hydrogens is 284 g/mol. The summed E-state index contributed by atoms with van der Waals surface area (Å²) in [6.07, 6.45) is 0. The average molecular weight is 298 g/mol. The van der Waals surface area contributed by atoms with E-state index in [0.29, 0.717) is 12.2 Å². The molecule has 0 saturated heterocycles. The Morgan fingerprint density at radius 2 is 1.58 bits per heavy atom. The van der Waals surface area contributed by atoms with Crippen LogP contribution in [0, 0.1) is 19.7 Å². The van der Waals surface area contributed by atoms with E-state index in [0.717, 1.165) is 0 Å². The van der Waals surface area contributed by atoms with E-state index >= 15 is 0 Å². The monoisotopic (exact) mass is 297 g/mol. The van der Waals surface area contributed by atoms with Crippen molar-refractivity contribution in [2.45, 2.75) is 20.4 Å². The van der Waals surface area contributed by atoms with Gasteiger partial charge in [-0.2, -0.15) is 0 Å². The van der Waals surface area contributed by atoms with Crippen molar-refractivity contribution < 1.29 is 4.39 Å². The molecule has 0 heterocycles. The molecule has 1 nitrogen and oxygen atoms in total. The Balaban J connectivity index is 2.19. The lowest BCUT2D eigenvalue weighted by atomic mass is 10.0. The molecule has 0 aliphatic carbocycles. The highest BCUT2D eigenvalue weighted by Crippen LogP contribution is 2.27. The predicted molar refractivity (Wildman–Crippen MR) is 79.7 cm³/mol. The number of halogens is 3. The summed E-state index contributed by atoms with van der Waals surface area (Å²) in [5.41, 5.74) is 4.36. The maximum atomic E-state index is 13.3. The van der Waals surface area contributed by atoms with Crippen LogP contribution in [0.4, 0.5) is 10.1 Å². The lowest BCUT2D eigenvalue weighted by molar-refractivity contribution is 0.629. The van der Waals surface area contributed by atoms with Crippen molar-refractivity contribution >= 4 is 28.9 Å². The van der Waals surface area contributed by atoms with Crippen LogP contribution in [0.1, 0.15) is 16.7 Å². The van der Waals surface area contributed by atoms with Gasteiger partial charge in [-0.05, 0) is 42.7 Å². The predicted octanol–water partition coefficient (Wildman–Crippen LogP) is 5.36. The van der Waals surface area contributed by atoms with Crippen LogP contribution in [0.15, 0.2) is 30.3 Å². The summed E-state index contributed by atoms with van der Waals surface area (Å²) in [5, 5.41) is 3.27. The zero-order chi connectivity index (χ0) is 14.0. The zero-order valence-electron chi connectivity index (χ0n) is 10.7. The summed E-state index contributed by atoms with van der Waals surface area (Å²) < 4.78 is 13.3. The van der Waals surface area contributed by atoms with E-state index in [9.17, 15) is 4.39 Å². The topological polar surface area (TPSA) is 12.0 Å². The maximum absolute atomic E-state index is 13.3. The highest BCUT2D eigenvalue weighted by atomic mass is 35.5. The first kappa shape index (κ1) is 14.2. The molecule has 4 heteroatoms. The number of aryl methyl sites for hydroxylation is 2. The third-order valence-corrected chi connectivity index (χ3v) is 3.65. The van der Waals surface area contributed by atoms with E-state index in [1.165, 1.54) is 28.8 Å². The molecule has 19 heavy (non-hydrogen) atoms. The number of benzene rings is 2. The summed E-state index contributed by atoms with van der Waals surface area (Å²) in [7, 11) is 0. The highest BCUT2D eigenvalue weighted by molar-refractivity contribution is 6.35. The summed E-state index contributed by atoms with van der Waals surface area (Å²) in [6.45, 7) is 4.78. The molecule has 2 rings (SSSR count). The zero-order valence-corrected chi connectivity index (χ0v) is 12.2. The third-order valence-electron chi connectivity index (χ3n) is 3.10. The molecular formula is C15H14Cl2FN. The molecule has 0 atom stereocenters. The van der Waals surface area contributed by atoms with Gasteiger partial charge in [0.1, 0.15) is 0 Å². The molecule has 0 bridgehead atoms. The van der Waals surface area contributed by atoms with Crippen molar-refractivity contribution in [2.24, 2.45) is 0 Å². The number of nitrogens with one attached hydrogen (secondary N) is 1. The standard InChI is InChI=1S/C15H14Cl2FN/c1-9-4-3-5-10(2)12(9)8-19-11-6-13(16)15(18)14(17)7-11/h3-7,19H,8H2,1-2H3. The second kappa shape index (κ2) is 5.81. The van der Waals surface area contributed by atoms with Gasteiger partial charge in [-0.3, -0.25) is 0 Å². The fourth-order valence-corrected chi connectivity index (χ4v) is 2.46. The van der Waals surface area contributed by atoms with Crippen molar-refractivity contribution in [1.29, 1.82) is 0 Å². The van der Waals surface area contributed by atoms with Crippen LogP contribution in [0.25, 0.3) is 0 Å². The molecule has 0 aliphatic heterocycles. The molecule has 0 aliphatic rings. The molecule has 0 unspecified atom stereocenters. The number of anilines is 1.